The van der Waals surface area contributed by atoms with Gasteiger partial charge in [0.25, 0.3) is 0 Å². The Kier molecular flexibility index (Phi) is 4.77. The van der Waals surface area contributed by atoms with Crippen LogP contribution in [0, 0.1) is 5.92 Å². The van der Waals surface area contributed by atoms with Crippen LogP contribution in [0.3, 0.4) is 0 Å². The highest BCUT2D eigenvalue weighted by atomic mass is 16.5. The SMILES string of the molecule is c1cc2c(cc1CNCCOCC1CC1)OCCCO2. The van der Waals surface area contributed by atoms with Crippen molar-refractivity contribution in [1.82, 2.24) is 5.32 Å². The van der Waals surface area contributed by atoms with Crippen molar-refractivity contribution in [3.05, 3.63) is 23.8 Å². The molecule has 1 aromatic rings. The van der Waals surface area contributed by atoms with Gasteiger partial charge in [0.15, 0.2) is 11.5 Å². The summed E-state index contributed by atoms with van der Waals surface area (Å²) in [6, 6.07) is 6.16. The quantitative estimate of drug-likeness (QED) is 0.777. The lowest BCUT2D eigenvalue weighted by molar-refractivity contribution is 0.126. The second-order valence-corrected chi connectivity index (χ2v) is 5.53. The Hall–Kier alpha value is -1.26. The summed E-state index contributed by atoms with van der Waals surface area (Å²) in [5, 5.41) is 3.40. The van der Waals surface area contributed by atoms with Gasteiger partial charge in [-0.2, -0.15) is 0 Å². The standard InChI is InChI=1S/C16H23NO3/c1-7-19-15-5-4-14(10-16(15)20-8-1)11-17-6-9-18-12-13-2-3-13/h4-5,10,13,17H,1-3,6-9,11-12H2. The van der Waals surface area contributed by atoms with Gasteiger partial charge in [-0.25, -0.2) is 0 Å². The molecule has 0 saturated heterocycles. The molecule has 0 atom stereocenters. The molecule has 110 valence electrons. The van der Waals surface area contributed by atoms with Crippen molar-refractivity contribution in [3.63, 3.8) is 0 Å². The molecule has 1 aliphatic heterocycles. The minimum Gasteiger partial charge on any atom is -0.490 e. The fraction of sp³-hybridized carbons (Fsp3) is 0.625. The van der Waals surface area contributed by atoms with Gasteiger partial charge in [-0.3, -0.25) is 0 Å². The van der Waals surface area contributed by atoms with E-state index in [1.165, 1.54) is 18.4 Å². The second-order valence-electron chi connectivity index (χ2n) is 5.53. The van der Waals surface area contributed by atoms with E-state index in [1.54, 1.807) is 0 Å². The van der Waals surface area contributed by atoms with Gasteiger partial charge in [-0.15, -0.1) is 0 Å². The first-order chi connectivity index (χ1) is 9.92. The zero-order valence-electron chi connectivity index (χ0n) is 11.9. The van der Waals surface area contributed by atoms with Gasteiger partial charge < -0.3 is 19.5 Å². The molecule has 2 aliphatic rings. The van der Waals surface area contributed by atoms with Crippen molar-refractivity contribution >= 4 is 0 Å². The Morgan fingerprint density at radius 3 is 2.85 bits per heavy atom. The molecule has 1 aliphatic carbocycles. The molecule has 0 aromatic heterocycles. The van der Waals surface area contributed by atoms with Crippen LogP contribution < -0.4 is 14.8 Å². The van der Waals surface area contributed by atoms with Crippen molar-refractivity contribution < 1.29 is 14.2 Å². The molecule has 0 amide bonds. The fourth-order valence-corrected chi connectivity index (χ4v) is 2.23. The van der Waals surface area contributed by atoms with Crippen LogP contribution in [-0.4, -0.2) is 33.0 Å². The van der Waals surface area contributed by atoms with Crippen LogP contribution in [0.1, 0.15) is 24.8 Å². The Morgan fingerprint density at radius 2 is 2.00 bits per heavy atom. The van der Waals surface area contributed by atoms with Gasteiger partial charge in [0.1, 0.15) is 0 Å². The third kappa shape index (κ3) is 4.12. The number of ether oxygens (including phenoxy) is 3. The number of rotatable bonds is 7. The van der Waals surface area contributed by atoms with Gasteiger partial charge in [0.2, 0.25) is 0 Å². The average Bonchev–Trinajstić information content (AvgIpc) is 3.29. The van der Waals surface area contributed by atoms with E-state index in [-0.39, 0.29) is 0 Å². The van der Waals surface area contributed by atoms with Crippen LogP contribution in [0.5, 0.6) is 11.5 Å². The van der Waals surface area contributed by atoms with Crippen LogP contribution in [0.25, 0.3) is 0 Å². The Labute approximate surface area is 120 Å². The van der Waals surface area contributed by atoms with Crippen LogP contribution in [-0.2, 0) is 11.3 Å². The lowest BCUT2D eigenvalue weighted by Crippen LogP contribution is -2.19. The van der Waals surface area contributed by atoms with Crippen LogP contribution in [0.2, 0.25) is 0 Å². The lowest BCUT2D eigenvalue weighted by atomic mass is 10.2. The summed E-state index contributed by atoms with van der Waals surface area (Å²) in [7, 11) is 0. The molecule has 4 nitrogen and oxygen atoms in total. The van der Waals surface area contributed by atoms with E-state index in [0.29, 0.717) is 0 Å². The van der Waals surface area contributed by atoms with Crippen molar-refractivity contribution in [2.24, 2.45) is 5.92 Å². The first-order valence-electron chi connectivity index (χ1n) is 7.59. The van der Waals surface area contributed by atoms with Gasteiger partial charge >= 0.3 is 0 Å². The van der Waals surface area contributed by atoms with Gasteiger partial charge in [-0.1, -0.05) is 6.07 Å². The highest BCUT2D eigenvalue weighted by Crippen LogP contribution is 2.30. The predicted molar refractivity (Wildman–Crippen MR) is 77.3 cm³/mol. The maximum Gasteiger partial charge on any atom is 0.161 e. The highest BCUT2D eigenvalue weighted by Gasteiger charge is 2.20. The van der Waals surface area contributed by atoms with Gasteiger partial charge in [0.05, 0.1) is 19.8 Å². The summed E-state index contributed by atoms with van der Waals surface area (Å²) < 4.78 is 16.9. The Morgan fingerprint density at radius 1 is 1.15 bits per heavy atom. The summed E-state index contributed by atoms with van der Waals surface area (Å²) in [5.74, 6) is 2.57. The molecule has 0 radical (unpaired) electrons. The maximum absolute atomic E-state index is 5.69. The maximum atomic E-state index is 5.69. The van der Waals surface area contributed by atoms with Gasteiger partial charge in [0, 0.05) is 26.1 Å². The normalized spacial score (nSPS) is 17.8. The summed E-state index contributed by atoms with van der Waals surface area (Å²) in [6.07, 6.45) is 3.65. The first-order valence-corrected chi connectivity index (χ1v) is 7.59. The molecular formula is C16H23NO3. The van der Waals surface area contributed by atoms with Crippen LogP contribution in [0.4, 0.5) is 0 Å². The number of benzene rings is 1. The van der Waals surface area contributed by atoms with Crippen molar-refractivity contribution in [2.45, 2.75) is 25.8 Å². The van der Waals surface area contributed by atoms with Crippen molar-refractivity contribution in [3.8, 4) is 11.5 Å². The van der Waals surface area contributed by atoms with E-state index < -0.39 is 0 Å². The average molecular weight is 277 g/mol. The van der Waals surface area contributed by atoms with E-state index in [2.05, 4.69) is 17.4 Å². The molecule has 1 aromatic carbocycles. The molecule has 4 heteroatoms. The zero-order chi connectivity index (χ0) is 13.6. The van der Waals surface area contributed by atoms with Crippen molar-refractivity contribution in [2.75, 3.05) is 33.0 Å². The van der Waals surface area contributed by atoms with E-state index >= 15 is 0 Å². The first kappa shape index (κ1) is 13.7. The molecule has 1 fully saturated rings. The molecule has 1 N–H and O–H groups in total. The lowest BCUT2D eigenvalue weighted by Gasteiger charge is -2.10. The molecule has 1 saturated carbocycles. The summed E-state index contributed by atoms with van der Waals surface area (Å²) in [5.41, 5.74) is 1.22. The van der Waals surface area contributed by atoms with E-state index in [0.717, 1.165) is 63.4 Å². The summed E-state index contributed by atoms with van der Waals surface area (Å²) >= 11 is 0. The predicted octanol–water partition coefficient (Wildman–Crippen LogP) is 2.36. The smallest absolute Gasteiger partial charge is 0.161 e. The van der Waals surface area contributed by atoms with Crippen LogP contribution >= 0.6 is 0 Å². The van der Waals surface area contributed by atoms with E-state index in [4.69, 9.17) is 14.2 Å². The van der Waals surface area contributed by atoms with E-state index in [9.17, 15) is 0 Å². The highest BCUT2D eigenvalue weighted by molar-refractivity contribution is 5.43. The monoisotopic (exact) mass is 277 g/mol. The van der Waals surface area contributed by atoms with Crippen LogP contribution in [0.15, 0.2) is 18.2 Å². The second kappa shape index (κ2) is 6.95. The minimum atomic E-state index is 0.735. The Balaban J connectivity index is 1.39. The number of fused-ring (bicyclic) bond motifs is 1. The summed E-state index contributed by atoms with van der Waals surface area (Å²) in [4.78, 5) is 0. The molecule has 3 rings (SSSR count). The van der Waals surface area contributed by atoms with Gasteiger partial charge in [-0.05, 0) is 36.5 Å². The Bertz CT molecular complexity index is 432. The molecule has 0 unspecified atom stereocenters. The molecule has 1 heterocycles. The minimum absolute atomic E-state index is 0.735. The fourth-order valence-electron chi connectivity index (χ4n) is 2.23. The number of nitrogens with one attached hydrogen (secondary N) is 1. The van der Waals surface area contributed by atoms with E-state index in [1.807, 2.05) is 6.07 Å². The molecular weight excluding hydrogens is 254 g/mol. The topological polar surface area (TPSA) is 39.7 Å². The number of hydrogen-bond acceptors (Lipinski definition) is 4. The third-order valence-electron chi connectivity index (χ3n) is 3.61. The largest absolute Gasteiger partial charge is 0.490 e. The molecule has 20 heavy (non-hydrogen) atoms. The third-order valence-corrected chi connectivity index (χ3v) is 3.61. The zero-order valence-corrected chi connectivity index (χ0v) is 11.9. The molecule has 0 bridgehead atoms. The summed E-state index contributed by atoms with van der Waals surface area (Å²) in [6.45, 7) is 4.93. The number of hydrogen-bond donors (Lipinski definition) is 1. The van der Waals surface area contributed by atoms with Crippen molar-refractivity contribution in [1.29, 1.82) is 0 Å². The molecule has 0 spiro atoms.